The molecule has 0 spiro atoms. The first kappa shape index (κ1) is 35.2. The van der Waals surface area contributed by atoms with E-state index in [0.29, 0.717) is 17.4 Å². The minimum absolute atomic E-state index is 0. The van der Waals surface area contributed by atoms with Crippen molar-refractivity contribution in [1.82, 2.24) is 10.2 Å². The van der Waals surface area contributed by atoms with Gasteiger partial charge in [0.25, 0.3) is 0 Å². The van der Waals surface area contributed by atoms with E-state index >= 15 is 0 Å². The summed E-state index contributed by atoms with van der Waals surface area (Å²) in [6.45, 7) is 19.4. The molecule has 1 N–H and O–H groups in total. The van der Waals surface area contributed by atoms with E-state index in [9.17, 15) is 4.79 Å². The summed E-state index contributed by atoms with van der Waals surface area (Å²) < 4.78 is 6.07. The first-order chi connectivity index (χ1) is 18.7. The SMILES string of the molecule is CC[C@H](CC[C@@H](C)[C@H]1CC[C@H]2[C@@H]3CC=C4C[C@@H](OC(=O)CN5CCNCC5)CC[C@]4(C)[C@H]3CC[C@]12C)C(C)C.Cl.Cl. The van der Waals surface area contributed by atoms with Crippen LogP contribution in [0.25, 0.3) is 0 Å². The van der Waals surface area contributed by atoms with Gasteiger partial charge in [-0.2, -0.15) is 0 Å². The number of esters is 1. The molecule has 0 aromatic rings. The van der Waals surface area contributed by atoms with Gasteiger partial charge in [-0.25, -0.2) is 0 Å². The lowest BCUT2D eigenvalue weighted by Gasteiger charge is -2.58. The van der Waals surface area contributed by atoms with E-state index in [0.717, 1.165) is 80.4 Å². The molecule has 0 bridgehead atoms. The lowest BCUT2D eigenvalue weighted by atomic mass is 9.47. The molecule has 1 aliphatic heterocycles. The van der Waals surface area contributed by atoms with Crippen LogP contribution < -0.4 is 5.32 Å². The highest BCUT2D eigenvalue weighted by molar-refractivity contribution is 5.85. The molecular formula is C35H62Cl2N2O2. The number of piperazine rings is 1. The fourth-order valence-electron chi connectivity index (χ4n) is 10.7. The minimum Gasteiger partial charge on any atom is -0.461 e. The average molecular weight is 614 g/mol. The first-order valence-corrected chi connectivity index (χ1v) is 17.0. The van der Waals surface area contributed by atoms with Crippen LogP contribution >= 0.6 is 24.8 Å². The topological polar surface area (TPSA) is 41.6 Å². The standard InChI is InChI=1S/C35H60N2O2.2ClH/c1-7-26(24(2)3)9-8-25(4)30-12-13-31-29-11-10-27-22-28(39-33(38)23-37-20-18-36-19-21-37)14-16-34(27,5)32(29)15-17-35(30,31)6;;/h10,24-26,28-32,36H,7-9,11-23H2,1-6H3;2*1H/t25-,26-,28+,29+,30-,31+,32+,34+,35-;;/m1../s1. The molecule has 238 valence electrons. The van der Waals surface area contributed by atoms with E-state index in [1.165, 1.54) is 57.8 Å². The molecule has 1 heterocycles. The van der Waals surface area contributed by atoms with Crippen LogP contribution in [0, 0.1) is 52.3 Å². The predicted molar refractivity (Wildman–Crippen MR) is 176 cm³/mol. The van der Waals surface area contributed by atoms with Crippen LogP contribution in [0.1, 0.15) is 112 Å². The number of rotatable bonds is 9. The van der Waals surface area contributed by atoms with Gasteiger partial charge in [0.05, 0.1) is 6.54 Å². The van der Waals surface area contributed by atoms with Crippen molar-refractivity contribution >= 4 is 30.8 Å². The van der Waals surface area contributed by atoms with E-state index in [1.807, 2.05) is 0 Å². The summed E-state index contributed by atoms with van der Waals surface area (Å²) in [4.78, 5) is 15.0. The normalized spacial score (nSPS) is 38.3. The van der Waals surface area contributed by atoms with Gasteiger partial charge >= 0.3 is 5.97 Å². The molecule has 5 aliphatic rings. The molecular weight excluding hydrogens is 551 g/mol. The van der Waals surface area contributed by atoms with Gasteiger partial charge in [-0.3, -0.25) is 9.69 Å². The van der Waals surface area contributed by atoms with Crippen LogP contribution in [0.5, 0.6) is 0 Å². The Morgan fingerprint density at radius 1 is 1.02 bits per heavy atom. The van der Waals surface area contributed by atoms with Crippen LogP contribution in [-0.2, 0) is 9.53 Å². The summed E-state index contributed by atoms with van der Waals surface area (Å²) in [7, 11) is 0. The number of hydrogen-bond donors (Lipinski definition) is 1. The summed E-state index contributed by atoms with van der Waals surface area (Å²) in [5.41, 5.74) is 2.49. The second-order valence-electron chi connectivity index (χ2n) is 15.3. The predicted octanol–water partition coefficient (Wildman–Crippen LogP) is 8.32. The number of nitrogens with one attached hydrogen (secondary N) is 1. The highest BCUT2D eigenvalue weighted by Gasteiger charge is 2.59. The maximum absolute atomic E-state index is 12.7. The van der Waals surface area contributed by atoms with E-state index in [4.69, 9.17) is 4.74 Å². The quantitative estimate of drug-likeness (QED) is 0.210. The molecule has 0 aromatic carbocycles. The number of ether oxygens (including phenoxy) is 1. The fourth-order valence-corrected chi connectivity index (χ4v) is 10.7. The van der Waals surface area contributed by atoms with Crippen LogP contribution in [0.15, 0.2) is 11.6 Å². The molecule has 6 heteroatoms. The second-order valence-corrected chi connectivity index (χ2v) is 15.3. The van der Waals surface area contributed by atoms with Crippen molar-refractivity contribution in [1.29, 1.82) is 0 Å². The van der Waals surface area contributed by atoms with Gasteiger partial charge in [-0.05, 0) is 104 Å². The molecule has 41 heavy (non-hydrogen) atoms. The highest BCUT2D eigenvalue weighted by Crippen LogP contribution is 2.67. The molecule has 1 saturated heterocycles. The molecule has 0 unspecified atom stereocenters. The molecule has 0 radical (unpaired) electrons. The third-order valence-corrected chi connectivity index (χ3v) is 13.1. The largest absolute Gasteiger partial charge is 0.461 e. The Hall–Kier alpha value is -0.290. The zero-order valence-corrected chi connectivity index (χ0v) is 28.7. The van der Waals surface area contributed by atoms with Gasteiger partial charge < -0.3 is 10.1 Å². The monoisotopic (exact) mass is 612 g/mol. The van der Waals surface area contributed by atoms with Crippen molar-refractivity contribution in [2.45, 2.75) is 118 Å². The van der Waals surface area contributed by atoms with Gasteiger partial charge in [-0.15, -0.1) is 24.8 Å². The van der Waals surface area contributed by atoms with Crippen molar-refractivity contribution in [2.24, 2.45) is 52.3 Å². The van der Waals surface area contributed by atoms with E-state index in [1.54, 1.807) is 5.57 Å². The Labute approximate surface area is 264 Å². The van der Waals surface area contributed by atoms with Gasteiger partial charge in [0.1, 0.15) is 6.10 Å². The number of nitrogens with zero attached hydrogens (tertiary/aromatic N) is 1. The summed E-state index contributed by atoms with van der Waals surface area (Å²) in [6, 6.07) is 0. The van der Waals surface area contributed by atoms with Crippen molar-refractivity contribution < 1.29 is 9.53 Å². The number of carbonyl (C=O) groups excluding carboxylic acids is 1. The number of hydrogen-bond acceptors (Lipinski definition) is 4. The molecule has 5 rings (SSSR count). The summed E-state index contributed by atoms with van der Waals surface area (Å²) >= 11 is 0. The second kappa shape index (κ2) is 14.7. The van der Waals surface area contributed by atoms with Crippen molar-refractivity contribution in [3.05, 3.63) is 11.6 Å². The zero-order valence-electron chi connectivity index (χ0n) is 27.1. The van der Waals surface area contributed by atoms with Crippen molar-refractivity contribution in [3.8, 4) is 0 Å². The zero-order chi connectivity index (χ0) is 27.8. The summed E-state index contributed by atoms with van der Waals surface area (Å²) in [6.07, 6.45) is 17.1. The lowest BCUT2D eigenvalue weighted by molar-refractivity contribution is -0.153. The lowest BCUT2D eigenvalue weighted by Crippen LogP contribution is -2.51. The Morgan fingerprint density at radius 2 is 1.76 bits per heavy atom. The van der Waals surface area contributed by atoms with Gasteiger partial charge in [0.2, 0.25) is 0 Å². The highest BCUT2D eigenvalue weighted by atomic mass is 35.5. The fraction of sp³-hybridized carbons (Fsp3) is 0.914. The van der Waals surface area contributed by atoms with Crippen LogP contribution in [-0.4, -0.2) is 49.7 Å². The third-order valence-electron chi connectivity index (χ3n) is 13.1. The third kappa shape index (κ3) is 7.18. The maximum Gasteiger partial charge on any atom is 0.320 e. The molecule has 9 atom stereocenters. The average Bonchev–Trinajstić information content (AvgIpc) is 3.27. The minimum atomic E-state index is -0.0157. The number of allylic oxidation sites excluding steroid dienone is 1. The van der Waals surface area contributed by atoms with E-state index < -0.39 is 0 Å². The van der Waals surface area contributed by atoms with Crippen LogP contribution in [0.3, 0.4) is 0 Å². The van der Waals surface area contributed by atoms with E-state index in [-0.39, 0.29) is 36.9 Å². The molecule has 3 saturated carbocycles. The molecule has 4 nitrogen and oxygen atoms in total. The molecule has 0 aromatic heterocycles. The number of fused-ring (bicyclic) bond motifs is 5. The maximum atomic E-state index is 12.7. The van der Waals surface area contributed by atoms with E-state index in [2.05, 4.69) is 57.8 Å². The number of halogens is 2. The van der Waals surface area contributed by atoms with Gasteiger partial charge in [-0.1, -0.05) is 66.0 Å². The Bertz CT molecular complexity index is 889. The van der Waals surface area contributed by atoms with Crippen molar-refractivity contribution in [2.75, 3.05) is 32.7 Å². The summed E-state index contributed by atoms with van der Waals surface area (Å²) in [5.74, 6) is 6.06. The molecule has 0 amide bonds. The van der Waals surface area contributed by atoms with Gasteiger partial charge in [0, 0.05) is 32.6 Å². The smallest absolute Gasteiger partial charge is 0.320 e. The Kier molecular flexibility index (Phi) is 12.6. The number of carbonyl (C=O) groups is 1. The molecule has 4 fully saturated rings. The van der Waals surface area contributed by atoms with Gasteiger partial charge in [0.15, 0.2) is 0 Å². The Morgan fingerprint density at radius 3 is 2.44 bits per heavy atom. The summed E-state index contributed by atoms with van der Waals surface area (Å²) in [5, 5.41) is 3.37. The first-order valence-electron chi connectivity index (χ1n) is 17.0. The van der Waals surface area contributed by atoms with Crippen LogP contribution in [0.4, 0.5) is 0 Å². The molecule has 4 aliphatic carbocycles. The van der Waals surface area contributed by atoms with Crippen LogP contribution in [0.2, 0.25) is 0 Å². The Balaban J connectivity index is 0.00000231. The van der Waals surface area contributed by atoms with Crippen molar-refractivity contribution in [3.63, 3.8) is 0 Å².